The number of hydrogen-bond acceptors (Lipinski definition) is 2. The molecule has 2 aromatic carbocycles. The van der Waals surface area contributed by atoms with Crippen molar-refractivity contribution in [3.63, 3.8) is 0 Å². The van der Waals surface area contributed by atoms with Gasteiger partial charge >= 0.3 is 0 Å². The topological polar surface area (TPSA) is 41.2 Å². The van der Waals surface area contributed by atoms with Crippen molar-refractivity contribution < 1.29 is 14.6 Å². The Morgan fingerprint density at radius 2 is 1.65 bits per heavy atom. The van der Waals surface area contributed by atoms with Crippen molar-refractivity contribution in [2.24, 2.45) is 0 Å². The van der Waals surface area contributed by atoms with Crippen LogP contribution in [0.2, 0.25) is 0 Å². The average Bonchev–Trinajstić information content (AvgIpc) is 2.74. The third kappa shape index (κ3) is 6.81. The van der Waals surface area contributed by atoms with E-state index in [0.29, 0.717) is 6.54 Å². The van der Waals surface area contributed by atoms with Gasteiger partial charge < -0.3 is 20.0 Å². The lowest BCUT2D eigenvalue weighted by atomic mass is 9.87. The second-order valence-electron chi connectivity index (χ2n) is 9.94. The van der Waals surface area contributed by atoms with Crippen molar-refractivity contribution in [1.29, 1.82) is 0 Å². The van der Waals surface area contributed by atoms with Gasteiger partial charge in [0, 0.05) is 16.9 Å². The molecule has 1 aliphatic heterocycles. The molecule has 3 N–H and O–H groups in total. The Bertz CT molecular complexity index is 831. The molecule has 5 nitrogen and oxygen atoms in total. The molecule has 0 radical (unpaired) electrons. The summed E-state index contributed by atoms with van der Waals surface area (Å²) in [5.41, 5.74) is 4.87. The Balaban J connectivity index is 1.46. The second kappa shape index (κ2) is 10.3. The molecule has 0 aliphatic carbocycles. The van der Waals surface area contributed by atoms with Crippen molar-refractivity contribution in [2.75, 3.05) is 56.5 Å². The number of hydrogen-bond donors (Lipinski definition) is 3. The number of nitrogens with one attached hydrogen (secondary N) is 3. The predicted molar refractivity (Wildman–Crippen MR) is 129 cm³/mol. The summed E-state index contributed by atoms with van der Waals surface area (Å²) in [5, 5.41) is 3.05. The Kier molecular flexibility index (Phi) is 7.74. The minimum atomic E-state index is 0.0525. The molecule has 2 aromatic rings. The van der Waals surface area contributed by atoms with Gasteiger partial charge in [-0.3, -0.25) is 4.79 Å². The number of anilines is 2. The van der Waals surface area contributed by atoms with E-state index in [1.165, 1.54) is 41.3 Å². The fourth-order valence-electron chi connectivity index (χ4n) is 4.20. The molecule has 0 aromatic heterocycles. The van der Waals surface area contributed by atoms with Crippen LogP contribution in [0, 0.1) is 0 Å². The molecule has 1 atom stereocenters. The monoisotopic (exact) mass is 424 g/mol. The maximum absolute atomic E-state index is 12.5. The van der Waals surface area contributed by atoms with Gasteiger partial charge in [-0.05, 0) is 42.2 Å². The molecule has 31 heavy (non-hydrogen) atoms. The normalized spacial score (nSPS) is 16.2. The first-order chi connectivity index (χ1) is 14.7. The van der Waals surface area contributed by atoms with E-state index in [9.17, 15) is 4.79 Å². The third-order valence-electron chi connectivity index (χ3n) is 6.27. The molecule has 168 valence electrons. The summed E-state index contributed by atoms with van der Waals surface area (Å²) in [5.74, 6) is 0.0525. The molecule has 1 heterocycles. The number of carbonyl (C=O) groups excluding carboxylic acids is 1. The highest BCUT2D eigenvalue weighted by Crippen LogP contribution is 2.22. The quantitative estimate of drug-likeness (QED) is 0.628. The van der Waals surface area contributed by atoms with Crippen LogP contribution in [0.25, 0.3) is 0 Å². The van der Waals surface area contributed by atoms with E-state index in [1.54, 1.807) is 4.90 Å². The van der Waals surface area contributed by atoms with E-state index in [4.69, 9.17) is 0 Å². The van der Waals surface area contributed by atoms with Crippen LogP contribution in [0.1, 0.15) is 38.8 Å². The zero-order valence-electron chi connectivity index (χ0n) is 19.9. The first kappa shape index (κ1) is 23.3. The van der Waals surface area contributed by atoms with Crippen LogP contribution in [0.3, 0.4) is 0 Å². The van der Waals surface area contributed by atoms with Crippen molar-refractivity contribution >= 4 is 17.3 Å². The summed E-state index contributed by atoms with van der Waals surface area (Å²) >= 11 is 0. The first-order valence-corrected chi connectivity index (χ1v) is 11.6. The summed E-state index contributed by atoms with van der Waals surface area (Å²) in [6.45, 7) is 16.0. The minimum Gasteiger partial charge on any atom is -0.360 e. The van der Waals surface area contributed by atoms with E-state index >= 15 is 0 Å². The van der Waals surface area contributed by atoms with Crippen molar-refractivity contribution in [1.82, 2.24) is 0 Å². The number of likely N-dealkylation sites (N-methyl/N-ethyl adjacent to an activating group) is 2. The van der Waals surface area contributed by atoms with Gasteiger partial charge in [0.05, 0.1) is 39.8 Å². The zero-order chi connectivity index (χ0) is 22.4. The van der Waals surface area contributed by atoms with Crippen LogP contribution in [-0.2, 0) is 16.8 Å². The fraction of sp³-hybridized carbons (Fsp3) is 0.500. The molecule has 1 fully saturated rings. The summed E-state index contributed by atoms with van der Waals surface area (Å²) in [6, 6.07) is 17.1. The maximum atomic E-state index is 12.5. The van der Waals surface area contributed by atoms with Gasteiger partial charge in [-0.2, -0.15) is 0 Å². The van der Waals surface area contributed by atoms with E-state index in [1.807, 2.05) is 12.1 Å². The Morgan fingerprint density at radius 3 is 2.19 bits per heavy atom. The Morgan fingerprint density at radius 1 is 1.03 bits per heavy atom. The summed E-state index contributed by atoms with van der Waals surface area (Å²) < 4.78 is 0. The Labute approximate surface area is 188 Å². The minimum absolute atomic E-state index is 0.0525. The average molecular weight is 425 g/mol. The van der Waals surface area contributed by atoms with E-state index < -0.39 is 0 Å². The zero-order valence-corrected chi connectivity index (χ0v) is 19.9. The van der Waals surface area contributed by atoms with Crippen molar-refractivity contribution in [3.05, 3.63) is 59.7 Å². The van der Waals surface area contributed by atoms with Crippen LogP contribution in [0.5, 0.6) is 0 Å². The molecule has 1 saturated heterocycles. The molecule has 0 saturated carbocycles. The van der Waals surface area contributed by atoms with Crippen LogP contribution >= 0.6 is 0 Å². The van der Waals surface area contributed by atoms with Gasteiger partial charge in [-0.15, -0.1) is 0 Å². The molecular weight excluding hydrogens is 384 g/mol. The third-order valence-corrected chi connectivity index (χ3v) is 6.27. The number of benzene rings is 2. The van der Waals surface area contributed by atoms with E-state index in [-0.39, 0.29) is 11.3 Å². The van der Waals surface area contributed by atoms with Crippen LogP contribution < -0.4 is 20.0 Å². The fourth-order valence-corrected chi connectivity index (χ4v) is 4.20. The van der Waals surface area contributed by atoms with Crippen molar-refractivity contribution in [2.45, 2.75) is 39.7 Å². The maximum Gasteiger partial charge on any atom is 0.279 e. The predicted octanol–water partition coefficient (Wildman–Crippen LogP) is 1.36. The molecule has 0 bridgehead atoms. The number of nitrogens with zero attached hydrogens (tertiary/aromatic N) is 1. The van der Waals surface area contributed by atoms with Gasteiger partial charge in [0.25, 0.3) is 5.91 Å². The van der Waals surface area contributed by atoms with Gasteiger partial charge in [-0.25, -0.2) is 0 Å². The van der Waals surface area contributed by atoms with Gasteiger partial charge in [-0.1, -0.05) is 45.0 Å². The molecule has 1 amide bonds. The van der Waals surface area contributed by atoms with Gasteiger partial charge in [0.1, 0.15) is 6.54 Å². The molecule has 1 aliphatic rings. The number of carbonyl (C=O) groups is 1. The number of rotatable bonds is 7. The first-order valence-electron chi connectivity index (χ1n) is 11.6. The summed E-state index contributed by atoms with van der Waals surface area (Å²) in [4.78, 5) is 17.8. The number of piperazine rings is 1. The lowest BCUT2D eigenvalue weighted by molar-refractivity contribution is -0.898. The van der Waals surface area contributed by atoms with Gasteiger partial charge in [0.2, 0.25) is 0 Å². The summed E-state index contributed by atoms with van der Waals surface area (Å²) in [7, 11) is 2.07. The van der Waals surface area contributed by atoms with E-state index in [0.717, 1.165) is 25.3 Å². The SMILES string of the molecule is CC[NH+]1CCN(c2ccc(NC(=O)C[NH+](C)Cc3ccc(C(C)(C)C)cc3)cc2)CC1. The lowest BCUT2D eigenvalue weighted by Gasteiger charge is -2.33. The number of quaternary nitrogens is 2. The summed E-state index contributed by atoms with van der Waals surface area (Å²) in [6.07, 6.45) is 0. The highest BCUT2D eigenvalue weighted by Gasteiger charge is 2.19. The standard InChI is InChI=1S/C26H38N4O/c1-6-29-15-17-30(18-16-29)24-13-11-23(12-14-24)27-25(31)20-28(5)19-21-7-9-22(10-8-21)26(2,3)4/h7-14H,6,15-20H2,1-5H3,(H,27,31)/p+2. The molecule has 5 heteroatoms. The van der Waals surface area contributed by atoms with Crippen LogP contribution in [0.4, 0.5) is 11.4 Å². The highest BCUT2D eigenvalue weighted by molar-refractivity contribution is 5.91. The molecular formula is C26H40N4O+2. The largest absolute Gasteiger partial charge is 0.360 e. The van der Waals surface area contributed by atoms with E-state index in [2.05, 4.69) is 81.4 Å². The lowest BCUT2D eigenvalue weighted by Crippen LogP contribution is -3.14. The second-order valence-corrected chi connectivity index (χ2v) is 9.94. The van der Waals surface area contributed by atoms with Crippen LogP contribution in [-0.4, -0.2) is 52.2 Å². The Hall–Kier alpha value is -2.37. The smallest absolute Gasteiger partial charge is 0.279 e. The highest BCUT2D eigenvalue weighted by atomic mass is 16.2. The molecule has 0 spiro atoms. The van der Waals surface area contributed by atoms with Crippen molar-refractivity contribution in [3.8, 4) is 0 Å². The number of amides is 1. The van der Waals surface area contributed by atoms with Crippen LogP contribution in [0.15, 0.2) is 48.5 Å². The van der Waals surface area contributed by atoms with Gasteiger partial charge in [0.15, 0.2) is 6.54 Å². The molecule has 3 rings (SSSR count). The molecule has 1 unspecified atom stereocenters.